The lowest BCUT2D eigenvalue weighted by Gasteiger charge is -2.26. The van der Waals surface area contributed by atoms with Gasteiger partial charge in [0, 0.05) is 38.0 Å². The summed E-state index contributed by atoms with van der Waals surface area (Å²) in [4.78, 5) is 0. The van der Waals surface area contributed by atoms with E-state index in [1.165, 1.54) is 4.31 Å². The molecule has 1 fully saturated rings. The standard InChI is InChI=1S/C13H24N4O3S/c1-10-12(7-14-2)13(16-15-10)21(18,19)17(3)8-11-5-4-6-20-9-11/h11,14H,4-9H2,1-3H3,(H,15,16). The molecular formula is C13H24N4O3S. The monoisotopic (exact) mass is 316 g/mol. The molecule has 1 unspecified atom stereocenters. The lowest BCUT2D eigenvalue weighted by atomic mass is 10.0. The first-order valence-electron chi connectivity index (χ1n) is 7.19. The quantitative estimate of drug-likeness (QED) is 0.797. The average Bonchev–Trinajstić information content (AvgIpc) is 2.82. The number of aromatic amines is 1. The van der Waals surface area contributed by atoms with Gasteiger partial charge >= 0.3 is 0 Å². The molecule has 0 saturated carbocycles. The van der Waals surface area contributed by atoms with E-state index in [-0.39, 0.29) is 10.9 Å². The van der Waals surface area contributed by atoms with Gasteiger partial charge in [0.15, 0.2) is 5.03 Å². The molecule has 1 aromatic rings. The van der Waals surface area contributed by atoms with Crippen LogP contribution in [0.4, 0.5) is 0 Å². The summed E-state index contributed by atoms with van der Waals surface area (Å²) < 4.78 is 32.2. The van der Waals surface area contributed by atoms with Crippen molar-refractivity contribution in [2.75, 3.05) is 33.9 Å². The molecule has 0 amide bonds. The molecule has 0 bridgehead atoms. The van der Waals surface area contributed by atoms with Crippen molar-refractivity contribution in [2.24, 2.45) is 5.92 Å². The number of nitrogens with one attached hydrogen (secondary N) is 2. The van der Waals surface area contributed by atoms with E-state index in [4.69, 9.17) is 4.74 Å². The summed E-state index contributed by atoms with van der Waals surface area (Å²) in [6, 6.07) is 0. The molecule has 7 nitrogen and oxygen atoms in total. The topological polar surface area (TPSA) is 87.3 Å². The number of aromatic nitrogens is 2. The van der Waals surface area contributed by atoms with E-state index < -0.39 is 10.0 Å². The Balaban J connectivity index is 2.16. The van der Waals surface area contributed by atoms with Crippen LogP contribution in [-0.4, -0.2) is 56.8 Å². The van der Waals surface area contributed by atoms with Crippen LogP contribution in [0.1, 0.15) is 24.1 Å². The van der Waals surface area contributed by atoms with Crippen molar-refractivity contribution in [1.82, 2.24) is 19.8 Å². The van der Waals surface area contributed by atoms with E-state index in [0.29, 0.717) is 25.3 Å². The molecule has 0 aliphatic carbocycles. The summed E-state index contributed by atoms with van der Waals surface area (Å²) in [5, 5.41) is 9.86. The Bertz CT molecular complexity index is 564. The van der Waals surface area contributed by atoms with E-state index >= 15 is 0 Å². The van der Waals surface area contributed by atoms with Crippen LogP contribution >= 0.6 is 0 Å². The van der Waals surface area contributed by atoms with E-state index in [1.54, 1.807) is 14.1 Å². The fraction of sp³-hybridized carbons (Fsp3) is 0.769. The normalized spacial score (nSPS) is 20.1. The van der Waals surface area contributed by atoms with Gasteiger partial charge in [0.25, 0.3) is 10.0 Å². The molecule has 1 saturated heterocycles. The predicted molar refractivity (Wildman–Crippen MR) is 79.4 cm³/mol. The van der Waals surface area contributed by atoms with Crippen molar-refractivity contribution in [2.45, 2.75) is 31.3 Å². The SMILES string of the molecule is CNCc1c(S(=O)(=O)N(C)CC2CCCOC2)n[nH]c1C. The number of H-pyrrole nitrogens is 1. The maximum Gasteiger partial charge on any atom is 0.262 e. The van der Waals surface area contributed by atoms with Crippen molar-refractivity contribution in [3.8, 4) is 0 Å². The van der Waals surface area contributed by atoms with Crippen LogP contribution in [0.15, 0.2) is 5.03 Å². The highest BCUT2D eigenvalue weighted by Crippen LogP contribution is 2.22. The van der Waals surface area contributed by atoms with Gasteiger partial charge in [-0.05, 0) is 32.7 Å². The Labute approximate surface area is 126 Å². The van der Waals surface area contributed by atoms with Gasteiger partial charge in [-0.25, -0.2) is 8.42 Å². The summed E-state index contributed by atoms with van der Waals surface area (Å²) in [6.07, 6.45) is 1.99. The molecule has 8 heteroatoms. The molecule has 1 aliphatic heterocycles. The second-order valence-corrected chi connectivity index (χ2v) is 7.49. The van der Waals surface area contributed by atoms with Crippen LogP contribution in [0.3, 0.4) is 0 Å². The Morgan fingerprint density at radius 2 is 2.29 bits per heavy atom. The zero-order valence-corrected chi connectivity index (χ0v) is 13.7. The fourth-order valence-corrected chi connectivity index (χ4v) is 3.99. The first kappa shape index (κ1) is 16.4. The number of rotatable bonds is 6. The van der Waals surface area contributed by atoms with E-state index in [9.17, 15) is 8.42 Å². The molecule has 2 N–H and O–H groups in total. The molecule has 1 aromatic heterocycles. The molecule has 21 heavy (non-hydrogen) atoms. The fourth-order valence-electron chi connectivity index (χ4n) is 2.59. The highest BCUT2D eigenvalue weighted by atomic mass is 32.2. The van der Waals surface area contributed by atoms with Crippen molar-refractivity contribution < 1.29 is 13.2 Å². The Kier molecular flexibility index (Phi) is 5.37. The summed E-state index contributed by atoms with van der Waals surface area (Å²) in [5.41, 5.74) is 1.47. The highest BCUT2D eigenvalue weighted by Gasteiger charge is 2.30. The number of ether oxygens (including phenoxy) is 1. The Morgan fingerprint density at radius 3 is 2.90 bits per heavy atom. The second-order valence-electron chi connectivity index (χ2n) is 5.53. The maximum absolute atomic E-state index is 12.7. The summed E-state index contributed by atoms with van der Waals surface area (Å²) in [6.45, 7) is 4.17. The minimum Gasteiger partial charge on any atom is -0.381 e. The number of nitrogens with zero attached hydrogens (tertiary/aromatic N) is 2. The first-order chi connectivity index (χ1) is 9.96. The third kappa shape index (κ3) is 3.63. The average molecular weight is 316 g/mol. The van der Waals surface area contributed by atoms with Gasteiger partial charge in [-0.2, -0.15) is 9.40 Å². The molecule has 1 aliphatic rings. The molecule has 0 radical (unpaired) electrons. The van der Waals surface area contributed by atoms with Crippen LogP contribution in [0.2, 0.25) is 0 Å². The molecular weight excluding hydrogens is 292 g/mol. The van der Waals surface area contributed by atoms with E-state index in [2.05, 4.69) is 15.5 Å². The number of sulfonamides is 1. The van der Waals surface area contributed by atoms with Gasteiger partial charge < -0.3 is 10.1 Å². The Morgan fingerprint density at radius 1 is 1.52 bits per heavy atom. The lowest BCUT2D eigenvalue weighted by molar-refractivity contribution is 0.0495. The second kappa shape index (κ2) is 6.87. The number of hydrogen-bond donors (Lipinski definition) is 2. The maximum atomic E-state index is 12.7. The largest absolute Gasteiger partial charge is 0.381 e. The number of aryl methyl sites for hydroxylation is 1. The van der Waals surface area contributed by atoms with Gasteiger partial charge in [-0.1, -0.05) is 0 Å². The summed E-state index contributed by atoms with van der Waals surface area (Å²) in [7, 11) is -0.183. The molecule has 1 atom stereocenters. The highest BCUT2D eigenvalue weighted by molar-refractivity contribution is 7.89. The minimum absolute atomic E-state index is 0.119. The summed E-state index contributed by atoms with van der Waals surface area (Å²) in [5.74, 6) is 0.256. The van der Waals surface area contributed by atoms with Gasteiger partial charge in [-0.15, -0.1) is 0 Å². The summed E-state index contributed by atoms with van der Waals surface area (Å²) >= 11 is 0. The van der Waals surface area contributed by atoms with Gasteiger partial charge in [0.1, 0.15) is 0 Å². The first-order valence-corrected chi connectivity index (χ1v) is 8.63. The molecule has 0 spiro atoms. The minimum atomic E-state index is -3.57. The van der Waals surface area contributed by atoms with Crippen LogP contribution in [0.25, 0.3) is 0 Å². The van der Waals surface area contributed by atoms with Crippen LogP contribution in [0.5, 0.6) is 0 Å². The molecule has 120 valence electrons. The van der Waals surface area contributed by atoms with Crippen molar-refractivity contribution in [3.63, 3.8) is 0 Å². The Hall–Kier alpha value is -0.960. The zero-order chi connectivity index (χ0) is 15.5. The third-order valence-corrected chi connectivity index (χ3v) is 5.61. The molecule has 2 rings (SSSR count). The smallest absolute Gasteiger partial charge is 0.262 e. The molecule has 2 heterocycles. The van der Waals surface area contributed by atoms with Gasteiger partial charge in [0.05, 0.1) is 6.61 Å². The van der Waals surface area contributed by atoms with Gasteiger partial charge in [-0.3, -0.25) is 5.10 Å². The zero-order valence-electron chi connectivity index (χ0n) is 12.8. The number of hydrogen-bond acceptors (Lipinski definition) is 5. The van der Waals surface area contributed by atoms with Crippen LogP contribution in [-0.2, 0) is 21.3 Å². The van der Waals surface area contributed by atoms with Crippen molar-refractivity contribution >= 4 is 10.0 Å². The van der Waals surface area contributed by atoms with Gasteiger partial charge in [0.2, 0.25) is 0 Å². The lowest BCUT2D eigenvalue weighted by Crippen LogP contribution is -2.35. The van der Waals surface area contributed by atoms with Crippen molar-refractivity contribution in [3.05, 3.63) is 11.3 Å². The third-order valence-electron chi connectivity index (χ3n) is 3.81. The predicted octanol–water partition coefficient (Wildman–Crippen LogP) is 0.485. The van der Waals surface area contributed by atoms with Crippen LogP contribution in [0, 0.1) is 12.8 Å². The van der Waals surface area contributed by atoms with Crippen molar-refractivity contribution in [1.29, 1.82) is 0 Å². The van der Waals surface area contributed by atoms with E-state index in [0.717, 1.165) is 25.1 Å². The molecule has 0 aromatic carbocycles. The van der Waals surface area contributed by atoms with E-state index in [1.807, 2.05) is 6.92 Å². The van der Waals surface area contributed by atoms with Crippen LogP contribution < -0.4 is 5.32 Å².